The maximum atomic E-state index is 12.7. The molecular formula is C17H19ClN4O. The molecule has 0 bridgehead atoms. The van der Waals surface area contributed by atoms with Gasteiger partial charge in [0.25, 0.3) is 5.91 Å². The smallest absolute Gasteiger partial charge is 0.257 e. The molecule has 5 nitrogen and oxygen atoms in total. The Morgan fingerprint density at radius 1 is 1.09 bits per heavy atom. The fraction of sp³-hybridized carbons (Fsp3) is 0.353. The summed E-state index contributed by atoms with van der Waals surface area (Å²) >= 11 is 6.05. The van der Waals surface area contributed by atoms with Gasteiger partial charge in [-0.2, -0.15) is 0 Å². The number of anilines is 1. The third-order valence-corrected chi connectivity index (χ3v) is 4.42. The third-order valence-electron chi connectivity index (χ3n) is 4.18. The minimum absolute atomic E-state index is 0.0198. The van der Waals surface area contributed by atoms with E-state index in [-0.39, 0.29) is 5.91 Å². The van der Waals surface area contributed by atoms with Crippen molar-refractivity contribution in [3.05, 3.63) is 52.6 Å². The van der Waals surface area contributed by atoms with Gasteiger partial charge in [-0.15, -0.1) is 0 Å². The number of halogens is 1. The molecule has 1 aromatic heterocycles. The predicted molar refractivity (Wildman–Crippen MR) is 91.1 cm³/mol. The highest BCUT2D eigenvalue weighted by Gasteiger charge is 2.25. The number of nitrogens with zero attached hydrogens (tertiary/aromatic N) is 4. The number of hydrogen-bond acceptors (Lipinski definition) is 4. The molecule has 2 aromatic rings. The number of benzene rings is 1. The lowest BCUT2D eigenvalue weighted by Crippen LogP contribution is -2.49. The van der Waals surface area contributed by atoms with Gasteiger partial charge in [-0.05, 0) is 32.0 Å². The summed E-state index contributed by atoms with van der Waals surface area (Å²) in [4.78, 5) is 25.2. The lowest BCUT2D eigenvalue weighted by molar-refractivity contribution is 0.0744. The first-order chi connectivity index (χ1) is 11.1. The van der Waals surface area contributed by atoms with Crippen LogP contribution in [-0.2, 0) is 0 Å². The van der Waals surface area contributed by atoms with E-state index in [0.717, 1.165) is 35.2 Å². The summed E-state index contributed by atoms with van der Waals surface area (Å²) in [7, 11) is 0. The summed E-state index contributed by atoms with van der Waals surface area (Å²) in [5.41, 5.74) is 3.20. The van der Waals surface area contributed by atoms with Crippen molar-refractivity contribution in [3.8, 4) is 0 Å². The Labute approximate surface area is 140 Å². The first-order valence-electron chi connectivity index (χ1n) is 7.64. The number of hydrogen-bond donors (Lipinski definition) is 0. The standard InChI is InChI=1S/C17H19ClN4O/c1-12-16(13(2)20-11-19-12)17(23)22-8-6-21(7-9-22)15-5-3-4-14(18)10-15/h3-5,10-11H,6-9H2,1-2H3. The van der Waals surface area contributed by atoms with Crippen LogP contribution in [0, 0.1) is 13.8 Å². The van der Waals surface area contributed by atoms with Crippen LogP contribution < -0.4 is 4.90 Å². The minimum atomic E-state index is 0.0198. The van der Waals surface area contributed by atoms with Gasteiger partial charge >= 0.3 is 0 Å². The SMILES string of the molecule is Cc1ncnc(C)c1C(=O)N1CCN(c2cccc(Cl)c2)CC1. The fourth-order valence-electron chi connectivity index (χ4n) is 2.90. The molecule has 1 aliphatic heterocycles. The first-order valence-corrected chi connectivity index (χ1v) is 8.02. The quantitative estimate of drug-likeness (QED) is 0.849. The Kier molecular flexibility index (Phi) is 4.48. The van der Waals surface area contributed by atoms with Crippen LogP contribution in [0.1, 0.15) is 21.7 Å². The van der Waals surface area contributed by atoms with E-state index < -0.39 is 0 Å². The Balaban J connectivity index is 1.70. The lowest BCUT2D eigenvalue weighted by atomic mass is 10.1. The van der Waals surface area contributed by atoms with Crippen LogP contribution in [0.3, 0.4) is 0 Å². The van der Waals surface area contributed by atoms with Crippen LogP contribution in [0.4, 0.5) is 5.69 Å². The summed E-state index contributed by atoms with van der Waals surface area (Å²) in [5.74, 6) is 0.0198. The molecule has 0 saturated carbocycles. The molecule has 6 heteroatoms. The maximum absolute atomic E-state index is 12.7. The van der Waals surface area contributed by atoms with Crippen molar-refractivity contribution < 1.29 is 4.79 Å². The molecule has 0 radical (unpaired) electrons. The van der Waals surface area contributed by atoms with Gasteiger partial charge in [0.15, 0.2) is 0 Å². The van der Waals surface area contributed by atoms with E-state index in [1.807, 2.05) is 43.0 Å². The Hall–Kier alpha value is -2.14. The molecule has 120 valence electrons. The van der Waals surface area contributed by atoms with E-state index >= 15 is 0 Å². The highest BCUT2D eigenvalue weighted by atomic mass is 35.5. The van der Waals surface area contributed by atoms with Crippen LogP contribution in [0.5, 0.6) is 0 Å². The van der Waals surface area contributed by atoms with Crippen LogP contribution in [-0.4, -0.2) is 47.0 Å². The molecule has 1 fully saturated rings. The first kappa shape index (κ1) is 15.7. The predicted octanol–water partition coefficient (Wildman–Crippen LogP) is 2.71. The monoisotopic (exact) mass is 330 g/mol. The van der Waals surface area contributed by atoms with Crippen LogP contribution >= 0.6 is 11.6 Å². The molecule has 1 aromatic carbocycles. The van der Waals surface area contributed by atoms with Crippen LogP contribution in [0.25, 0.3) is 0 Å². The Morgan fingerprint density at radius 3 is 2.35 bits per heavy atom. The van der Waals surface area contributed by atoms with Gasteiger partial charge in [-0.1, -0.05) is 17.7 Å². The van der Waals surface area contributed by atoms with Crippen molar-refractivity contribution in [2.75, 3.05) is 31.1 Å². The zero-order chi connectivity index (χ0) is 16.4. The third kappa shape index (κ3) is 3.29. The van der Waals surface area contributed by atoms with Gasteiger partial charge in [0.2, 0.25) is 0 Å². The van der Waals surface area contributed by atoms with Gasteiger partial charge in [0.05, 0.1) is 17.0 Å². The normalized spacial score (nSPS) is 14.9. The van der Waals surface area contributed by atoms with Crippen molar-refractivity contribution in [2.45, 2.75) is 13.8 Å². The molecule has 0 aliphatic carbocycles. The summed E-state index contributed by atoms with van der Waals surface area (Å²) < 4.78 is 0. The van der Waals surface area contributed by atoms with Gasteiger partial charge < -0.3 is 9.80 Å². The summed E-state index contributed by atoms with van der Waals surface area (Å²) in [5, 5.41) is 0.730. The zero-order valence-corrected chi connectivity index (χ0v) is 14.0. The van der Waals surface area contributed by atoms with Crippen molar-refractivity contribution in [1.29, 1.82) is 0 Å². The molecular weight excluding hydrogens is 312 g/mol. The van der Waals surface area contributed by atoms with Gasteiger partial charge in [0, 0.05) is 36.9 Å². The highest BCUT2D eigenvalue weighted by Crippen LogP contribution is 2.21. The molecule has 1 amide bonds. The molecule has 1 aliphatic rings. The van der Waals surface area contributed by atoms with Gasteiger partial charge in [-0.25, -0.2) is 9.97 Å². The number of carbonyl (C=O) groups excluding carboxylic acids is 1. The second-order valence-electron chi connectivity index (χ2n) is 5.68. The molecule has 0 atom stereocenters. The maximum Gasteiger partial charge on any atom is 0.257 e. The largest absolute Gasteiger partial charge is 0.368 e. The van der Waals surface area contributed by atoms with Crippen LogP contribution in [0.15, 0.2) is 30.6 Å². The number of rotatable bonds is 2. The molecule has 0 unspecified atom stereocenters. The Bertz CT molecular complexity index is 706. The van der Waals surface area contributed by atoms with E-state index in [9.17, 15) is 4.79 Å². The molecule has 0 spiro atoms. The van der Waals surface area contributed by atoms with E-state index in [4.69, 9.17) is 11.6 Å². The number of amides is 1. The number of carbonyl (C=O) groups is 1. The lowest BCUT2D eigenvalue weighted by Gasteiger charge is -2.36. The van der Waals surface area contributed by atoms with Crippen molar-refractivity contribution in [3.63, 3.8) is 0 Å². The molecule has 2 heterocycles. The highest BCUT2D eigenvalue weighted by molar-refractivity contribution is 6.30. The van der Waals surface area contributed by atoms with E-state index in [0.29, 0.717) is 18.7 Å². The van der Waals surface area contributed by atoms with Gasteiger partial charge in [-0.3, -0.25) is 4.79 Å². The van der Waals surface area contributed by atoms with Crippen molar-refractivity contribution in [1.82, 2.24) is 14.9 Å². The number of aryl methyl sites for hydroxylation is 2. The number of aromatic nitrogens is 2. The average molecular weight is 331 g/mol. The van der Waals surface area contributed by atoms with Gasteiger partial charge in [0.1, 0.15) is 6.33 Å². The second kappa shape index (κ2) is 6.54. The van der Waals surface area contributed by atoms with Crippen LogP contribution in [0.2, 0.25) is 5.02 Å². The molecule has 23 heavy (non-hydrogen) atoms. The Morgan fingerprint density at radius 2 is 1.74 bits per heavy atom. The zero-order valence-electron chi connectivity index (χ0n) is 13.3. The van der Waals surface area contributed by atoms with Crippen molar-refractivity contribution in [2.24, 2.45) is 0 Å². The van der Waals surface area contributed by atoms with Crippen molar-refractivity contribution >= 4 is 23.2 Å². The summed E-state index contributed by atoms with van der Waals surface area (Å²) in [6.07, 6.45) is 1.50. The van der Waals surface area contributed by atoms with E-state index in [2.05, 4.69) is 14.9 Å². The number of piperazine rings is 1. The molecule has 3 rings (SSSR count). The summed E-state index contributed by atoms with van der Waals surface area (Å²) in [6.45, 7) is 6.64. The molecule has 1 saturated heterocycles. The second-order valence-corrected chi connectivity index (χ2v) is 6.12. The average Bonchev–Trinajstić information content (AvgIpc) is 2.55. The molecule has 0 N–H and O–H groups in total. The van der Waals surface area contributed by atoms with E-state index in [1.54, 1.807) is 0 Å². The van der Waals surface area contributed by atoms with E-state index in [1.165, 1.54) is 6.33 Å². The topological polar surface area (TPSA) is 49.3 Å². The summed E-state index contributed by atoms with van der Waals surface area (Å²) in [6, 6.07) is 7.82. The fourth-order valence-corrected chi connectivity index (χ4v) is 3.09. The minimum Gasteiger partial charge on any atom is -0.368 e.